The number of hydrogen-bond donors (Lipinski definition) is 8. The fourth-order valence-corrected chi connectivity index (χ4v) is 13.8. The van der Waals surface area contributed by atoms with Gasteiger partial charge in [0.25, 0.3) is 16.0 Å². The fraction of sp³-hybridized carbons (Fsp3) is 0.438. The molecule has 2 aliphatic heterocycles. The first-order chi connectivity index (χ1) is 47.0. The van der Waals surface area contributed by atoms with Crippen LogP contribution in [0.15, 0.2) is 151 Å². The topological polar surface area (TPSA) is 365 Å². The Hall–Kier alpha value is -8.90. The van der Waals surface area contributed by atoms with E-state index in [1.807, 2.05) is 67.6 Å². The molecule has 11 rings (SSSR count). The Labute approximate surface area is 581 Å². The monoisotopic (exact) mass is 1400 g/mol. The number of aromatic nitrogens is 3. The zero-order chi connectivity index (χ0) is 72.9. The van der Waals surface area contributed by atoms with Crippen molar-refractivity contribution in [1.29, 1.82) is 0 Å². The van der Waals surface area contributed by atoms with Gasteiger partial charge in [-0.1, -0.05) is 80.6 Å². The summed E-state index contributed by atoms with van der Waals surface area (Å²) in [6.07, 6.45) is -5.55. The Morgan fingerprint density at radius 2 is 1.49 bits per heavy atom. The van der Waals surface area contributed by atoms with Crippen molar-refractivity contribution in [2.45, 2.75) is 141 Å². The van der Waals surface area contributed by atoms with Crippen molar-refractivity contribution in [2.24, 2.45) is 16.7 Å². The third kappa shape index (κ3) is 16.9. The maximum absolute atomic E-state index is 14.9. The summed E-state index contributed by atoms with van der Waals surface area (Å²) in [4.78, 5) is 99.8. The summed E-state index contributed by atoms with van der Waals surface area (Å²) in [6.45, 7) is 19.0. The first-order valence-corrected chi connectivity index (χ1v) is 34.6. The minimum absolute atomic E-state index is 0.0637. The fourth-order valence-electron chi connectivity index (χ4n) is 13.8. The van der Waals surface area contributed by atoms with E-state index in [-0.39, 0.29) is 35.6 Å². The van der Waals surface area contributed by atoms with Crippen LogP contribution in [0, 0.1) is 23.7 Å². The lowest BCUT2D eigenvalue weighted by Gasteiger charge is -2.67. The van der Waals surface area contributed by atoms with E-state index in [2.05, 4.69) is 47.7 Å². The van der Waals surface area contributed by atoms with Crippen LogP contribution in [-0.2, 0) is 54.7 Å². The Bertz CT molecular complexity index is 4090. The summed E-state index contributed by atoms with van der Waals surface area (Å²) in [7, 11) is -1.51. The molecule has 0 spiro atoms. The number of carbonyl (C=O) groups is 6. The van der Waals surface area contributed by atoms with E-state index in [1.54, 1.807) is 102 Å². The molecular formula is C73H88N8O18S. The van der Waals surface area contributed by atoms with Crippen LogP contribution in [0.5, 0.6) is 0 Å². The number of hydrogen-bond acceptors (Lipinski definition) is 23. The molecule has 2 bridgehead atoms. The molecule has 4 aromatic carbocycles. The highest BCUT2D eigenvalue weighted by Gasteiger charge is 2.78. The van der Waals surface area contributed by atoms with Crippen molar-refractivity contribution < 1.29 is 85.8 Å². The second-order valence-corrected chi connectivity index (χ2v) is 29.2. The number of aliphatic hydroxyl groups excluding tert-OH is 3. The Morgan fingerprint density at radius 1 is 0.840 bits per heavy atom. The number of ketones is 1. The van der Waals surface area contributed by atoms with Crippen LogP contribution in [0.2, 0.25) is 0 Å². The van der Waals surface area contributed by atoms with E-state index < -0.39 is 123 Å². The van der Waals surface area contributed by atoms with Gasteiger partial charge >= 0.3 is 24.0 Å². The number of carbonyl (C=O) groups excluding carboxylic acids is 6. The molecule has 2 amide bonds. The Kier molecular flexibility index (Phi) is 23.0. The average molecular weight is 1400 g/mol. The Morgan fingerprint density at radius 3 is 2.09 bits per heavy atom. The predicted molar refractivity (Wildman–Crippen MR) is 368 cm³/mol. The summed E-state index contributed by atoms with van der Waals surface area (Å²) < 4.78 is 55.4. The average Bonchev–Trinajstić information content (AvgIpc) is 0.670. The molecule has 1 unspecified atom stereocenters. The maximum Gasteiger partial charge on any atom is 0.408 e. The van der Waals surface area contributed by atoms with E-state index in [4.69, 9.17) is 28.2 Å². The van der Waals surface area contributed by atoms with Crippen molar-refractivity contribution in [1.82, 2.24) is 30.1 Å². The zero-order valence-electron chi connectivity index (χ0n) is 57.7. The highest BCUT2D eigenvalue weighted by atomic mass is 32.2. The molecule has 26 nitrogen and oxygen atoms in total. The number of ether oxygens (including phenoxy) is 5. The minimum atomic E-state index is -3.67. The van der Waals surface area contributed by atoms with Crippen molar-refractivity contribution in [3.05, 3.63) is 179 Å². The van der Waals surface area contributed by atoms with Gasteiger partial charge < -0.3 is 65.0 Å². The summed E-state index contributed by atoms with van der Waals surface area (Å²) in [5.74, 6) is -5.03. The number of piperazine rings is 1. The number of esters is 3. The van der Waals surface area contributed by atoms with Crippen LogP contribution in [-0.4, -0.2) is 193 Å². The van der Waals surface area contributed by atoms with Crippen LogP contribution in [0.25, 0.3) is 11.3 Å². The smallest absolute Gasteiger partial charge is 0.408 e. The quantitative estimate of drug-likeness (QED) is 0.0215. The SMILES string of the molecule is CC(=O)O[C@@]12CO[C@@H]1C[C@H](O)[C@@]1(C)C(=O)[C@H](O)C3=C(C)[C@@H](OC(=O)C(O)[C@@H](NC(=O)OC(C)(C)C)c4ccccc4)C[C@@](O)([C@@H](OC(=O)c4ccccc4)[C@H]21)C3(C)C.CS(=O)(=O)O.Cc1ccc(NC(=O)c2ccc(CN3CCN(C)CC3)cc2)cc1Nc1nccc(-c2cccnc2)n1. The van der Waals surface area contributed by atoms with Crippen molar-refractivity contribution >= 4 is 63.1 Å². The number of alkyl carbamates (subject to hydrolysis) is 1. The number of amides is 2. The lowest BCUT2D eigenvalue weighted by Crippen LogP contribution is -2.81. The second kappa shape index (κ2) is 30.5. The van der Waals surface area contributed by atoms with Crippen molar-refractivity contribution in [3.63, 3.8) is 0 Å². The molecule has 2 aromatic heterocycles. The summed E-state index contributed by atoms with van der Waals surface area (Å²) in [5, 5.41) is 57.9. The number of likely N-dealkylation sites (N-methyl/N-ethyl adjacent to an activating group) is 1. The molecule has 6 aromatic rings. The van der Waals surface area contributed by atoms with E-state index in [0.29, 0.717) is 29.0 Å². The number of rotatable bonds is 15. The lowest BCUT2D eigenvalue weighted by molar-refractivity contribution is -0.346. The van der Waals surface area contributed by atoms with Crippen LogP contribution in [0.3, 0.4) is 0 Å². The third-order valence-electron chi connectivity index (χ3n) is 19.1. The van der Waals surface area contributed by atoms with Gasteiger partial charge in [-0.3, -0.25) is 28.8 Å². The van der Waals surface area contributed by atoms with Crippen LogP contribution >= 0.6 is 0 Å². The number of benzene rings is 4. The number of nitrogens with one attached hydrogen (secondary N) is 3. The summed E-state index contributed by atoms with van der Waals surface area (Å²) >= 11 is 0. The highest BCUT2D eigenvalue weighted by Crippen LogP contribution is 2.64. The molecule has 0 radical (unpaired) electrons. The van der Waals surface area contributed by atoms with Gasteiger partial charge in [-0.2, -0.15) is 8.42 Å². The first-order valence-electron chi connectivity index (χ1n) is 32.7. The van der Waals surface area contributed by atoms with Gasteiger partial charge in [-0.05, 0) is 131 Å². The summed E-state index contributed by atoms with van der Waals surface area (Å²) in [5.41, 5.74) is -2.05. The molecule has 11 atom stereocenters. The van der Waals surface area contributed by atoms with Crippen molar-refractivity contribution in [3.8, 4) is 11.3 Å². The molecule has 2 saturated carbocycles. The molecule has 4 heterocycles. The van der Waals surface area contributed by atoms with E-state index in [0.717, 1.165) is 62.2 Å². The third-order valence-corrected chi connectivity index (χ3v) is 19.1. The first kappa shape index (κ1) is 75.3. The molecule has 8 N–H and O–H groups in total. The number of aliphatic hydroxyl groups is 4. The van der Waals surface area contributed by atoms with E-state index in [1.165, 1.54) is 31.5 Å². The van der Waals surface area contributed by atoms with Gasteiger partial charge in [0.15, 0.2) is 17.5 Å². The number of pyridine rings is 1. The molecule has 27 heteroatoms. The number of fused-ring (bicyclic) bond motifs is 5. The number of anilines is 3. The van der Waals surface area contributed by atoms with Gasteiger partial charge in [-0.25, -0.2) is 24.4 Å². The number of Topliss-reactive ketones (excluding diaryl/α,β-unsaturated/α-hetero) is 1. The van der Waals surface area contributed by atoms with E-state index >= 15 is 0 Å². The highest BCUT2D eigenvalue weighted by molar-refractivity contribution is 7.85. The predicted octanol–water partition coefficient (Wildman–Crippen LogP) is 7.35. The largest absolute Gasteiger partial charge is 0.456 e. The minimum Gasteiger partial charge on any atom is -0.456 e. The van der Waals surface area contributed by atoms with Gasteiger partial charge in [-0.15, -0.1) is 0 Å². The van der Waals surface area contributed by atoms with Gasteiger partial charge in [0.05, 0.1) is 47.6 Å². The number of aryl methyl sites for hydroxylation is 1. The van der Waals surface area contributed by atoms with Crippen molar-refractivity contribution in [2.75, 3.05) is 56.7 Å². The Balaban J connectivity index is 0.000000237. The van der Waals surface area contributed by atoms with Gasteiger partial charge in [0.2, 0.25) is 5.95 Å². The maximum atomic E-state index is 14.9. The molecule has 534 valence electrons. The lowest BCUT2D eigenvalue weighted by atomic mass is 9.44. The normalized spacial score (nSPS) is 25.4. The molecule has 2 saturated heterocycles. The van der Waals surface area contributed by atoms with Crippen LogP contribution < -0.4 is 16.0 Å². The standard InChI is InChI=1S/C43H53NO14.C29H31N7O.CH4O3S/c1-22-26(55-37(51)32(48)30(24-15-11-9-12-16-24)44-38(52)58-39(3,4)5)20-43(53)35(56-36(50)25-17-13-10-14-18-25)33-41(8,34(49)31(47)29(22)40(43,6)7)27(46)19-28-42(33,21-54-28)57-23(2)45;1-21-5-10-25(18-27(21)34-29-31-13-11-26(33-29)24-4-3-12-30-19-24)32-28(37)23-8-6-22(7-9-23)20-36-16-14-35(2)15-17-36;1-5(2,3)4/h9-18,26-28,30-33,35,46-48,53H,19-21H2,1-8H3,(H,44,52);3-13,18-19H,14-17,20H2,1-2H3,(H,32,37)(H,31,33,34);1H3,(H,2,3,4)/t26-,27-,28+,30-,31+,32?,33-,35-,41+,42-,43+;;/m0../s1. The molecule has 4 fully saturated rings. The molecule has 100 heavy (non-hydrogen) atoms. The van der Waals surface area contributed by atoms with Crippen LogP contribution in [0.4, 0.5) is 22.1 Å². The van der Waals surface area contributed by atoms with E-state index in [9.17, 15) is 57.6 Å². The van der Waals surface area contributed by atoms with Gasteiger partial charge in [0.1, 0.15) is 35.6 Å². The number of nitrogens with zero attached hydrogens (tertiary/aromatic N) is 5. The van der Waals surface area contributed by atoms with Gasteiger partial charge in [0, 0.05) is 99.0 Å². The molecule has 3 aliphatic carbocycles. The zero-order valence-corrected chi connectivity index (χ0v) is 58.6. The van der Waals surface area contributed by atoms with Crippen LogP contribution in [0.1, 0.15) is 112 Å². The summed E-state index contributed by atoms with van der Waals surface area (Å²) in [6, 6.07) is 33.9. The molecular weight excluding hydrogens is 1310 g/mol. The second-order valence-electron chi connectivity index (χ2n) is 27.7. The molecule has 5 aliphatic rings.